The van der Waals surface area contributed by atoms with Crippen molar-refractivity contribution in [2.75, 3.05) is 18.4 Å². The summed E-state index contributed by atoms with van der Waals surface area (Å²) in [4.78, 5) is 2.62. The van der Waals surface area contributed by atoms with Gasteiger partial charge in [-0.25, -0.2) is 0 Å². The first-order chi connectivity index (χ1) is 8.74. The highest BCUT2D eigenvalue weighted by molar-refractivity contribution is 6.39. The summed E-state index contributed by atoms with van der Waals surface area (Å²) >= 11 is 12.4. The molecule has 2 fully saturated rings. The van der Waals surface area contributed by atoms with Crippen LogP contribution in [0.3, 0.4) is 0 Å². The second kappa shape index (κ2) is 5.28. The predicted molar refractivity (Wildman–Crippen MR) is 77.7 cm³/mol. The summed E-state index contributed by atoms with van der Waals surface area (Å²) in [6.07, 6.45) is 5.08. The van der Waals surface area contributed by atoms with Crippen molar-refractivity contribution in [1.82, 2.24) is 4.90 Å². The Morgan fingerprint density at radius 1 is 1.11 bits per heavy atom. The van der Waals surface area contributed by atoms with Crippen molar-refractivity contribution in [3.63, 3.8) is 0 Å². The molecule has 2 heterocycles. The summed E-state index contributed by atoms with van der Waals surface area (Å²) in [6, 6.07) is 6.93. The molecule has 0 amide bonds. The van der Waals surface area contributed by atoms with E-state index in [0.717, 1.165) is 21.8 Å². The van der Waals surface area contributed by atoms with Crippen molar-refractivity contribution in [3.8, 4) is 0 Å². The zero-order valence-electron chi connectivity index (χ0n) is 10.3. The minimum absolute atomic E-state index is 0.502. The van der Waals surface area contributed by atoms with E-state index in [1.54, 1.807) is 0 Å². The van der Waals surface area contributed by atoms with Gasteiger partial charge < -0.3 is 10.2 Å². The Balaban J connectivity index is 1.69. The van der Waals surface area contributed by atoms with Crippen LogP contribution in [0, 0.1) is 0 Å². The molecule has 3 rings (SSSR count). The average molecular weight is 285 g/mol. The first-order valence-corrected chi connectivity index (χ1v) is 7.44. The molecule has 2 aliphatic heterocycles. The molecule has 2 saturated heterocycles. The SMILES string of the molecule is Clc1cccc(Cl)c1NC1CCN2CCCC2C1. The van der Waals surface area contributed by atoms with Gasteiger partial charge in [0.25, 0.3) is 0 Å². The van der Waals surface area contributed by atoms with Gasteiger partial charge in [0, 0.05) is 18.6 Å². The number of anilines is 1. The molecule has 0 bridgehead atoms. The number of piperidine rings is 1. The number of nitrogens with zero attached hydrogens (tertiary/aromatic N) is 1. The zero-order valence-corrected chi connectivity index (χ0v) is 11.8. The van der Waals surface area contributed by atoms with Crippen LogP contribution in [0.4, 0.5) is 5.69 Å². The van der Waals surface area contributed by atoms with E-state index in [0.29, 0.717) is 6.04 Å². The van der Waals surface area contributed by atoms with E-state index in [2.05, 4.69) is 10.2 Å². The summed E-state index contributed by atoms with van der Waals surface area (Å²) in [5, 5.41) is 4.98. The lowest BCUT2D eigenvalue weighted by molar-refractivity contribution is 0.188. The van der Waals surface area contributed by atoms with E-state index in [1.165, 1.54) is 38.8 Å². The van der Waals surface area contributed by atoms with Crippen LogP contribution in [-0.2, 0) is 0 Å². The van der Waals surface area contributed by atoms with Crippen molar-refractivity contribution in [1.29, 1.82) is 0 Å². The van der Waals surface area contributed by atoms with E-state index in [9.17, 15) is 0 Å². The van der Waals surface area contributed by atoms with Crippen LogP contribution in [0.1, 0.15) is 25.7 Å². The zero-order chi connectivity index (χ0) is 12.5. The van der Waals surface area contributed by atoms with Crippen LogP contribution in [0.5, 0.6) is 0 Å². The number of hydrogen-bond acceptors (Lipinski definition) is 2. The van der Waals surface area contributed by atoms with Gasteiger partial charge in [-0.15, -0.1) is 0 Å². The standard InChI is InChI=1S/C14H18Cl2N2/c15-12-4-1-5-13(16)14(12)17-10-6-8-18-7-2-3-11(18)9-10/h1,4-5,10-11,17H,2-3,6-9H2. The molecular weight excluding hydrogens is 267 g/mol. The lowest BCUT2D eigenvalue weighted by Crippen LogP contribution is -2.42. The molecule has 0 aromatic heterocycles. The van der Waals surface area contributed by atoms with Gasteiger partial charge >= 0.3 is 0 Å². The van der Waals surface area contributed by atoms with E-state index in [1.807, 2.05) is 18.2 Å². The molecule has 2 unspecified atom stereocenters. The molecule has 0 radical (unpaired) electrons. The fraction of sp³-hybridized carbons (Fsp3) is 0.571. The number of para-hydroxylation sites is 1. The Labute approximate surface area is 118 Å². The number of benzene rings is 1. The molecule has 0 saturated carbocycles. The van der Waals surface area contributed by atoms with Crippen molar-refractivity contribution in [2.45, 2.75) is 37.8 Å². The van der Waals surface area contributed by atoms with Gasteiger partial charge in [-0.2, -0.15) is 0 Å². The maximum absolute atomic E-state index is 6.20. The Morgan fingerprint density at radius 3 is 2.67 bits per heavy atom. The molecule has 1 aromatic carbocycles. The molecule has 18 heavy (non-hydrogen) atoms. The van der Waals surface area contributed by atoms with Crippen LogP contribution in [0.2, 0.25) is 10.0 Å². The van der Waals surface area contributed by atoms with Crippen LogP contribution >= 0.6 is 23.2 Å². The molecule has 2 atom stereocenters. The number of rotatable bonds is 2. The first-order valence-electron chi connectivity index (χ1n) is 6.68. The molecule has 0 aliphatic carbocycles. The number of halogens is 2. The third-order valence-electron chi connectivity index (χ3n) is 4.13. The number of hydrogen-bond donors (Lipinski definition) is 1. The molecule has 0 spiro atoms. The van der Waals surface area contributed by atoms with Gasteiger partial charge in [0.15, 0.2) is 0 Å². The first kappa shape index (κ1) is 12.6. The highest BCUT2D eigenvalue weighted by Gasteiger charge is 2.31. The highest BCUT2D eigenvalue weighted by Crippen LogP contribution is 2.34. The lowest BCUT2D eigenvalue weighted by atomic mass is 9.97. The molecule has 1 aromatic rings. The molecule has 4 heteroatoms. The van der Waals surface area contributed by atoms with Gasteiger partial charge in [-0.1, -0.05) is 29.3 Å². The van der Waals surface area contributed by atoms with Crippen LogP contribution < -0.4 is 5.32 Å². The summed E-state index contributed by atoms with van der Waals surface area (Å²) < 4.78 is 0. The Hall–Kier alpha value is -0.440. The molecule has 2 nitrogen and oxygen atoms in total. The highest BCUT2D eigenvalue weighted by atomic mass is 35.5. The van der Waals surface area contributed by atoms with Crippen molar-refractivity contribution < 1.29 is 0 Å². The fourth-order valence-electron chi connectivity index (χ4n) is 3.20. The van der Waals surface area contributed by atoms with E-state index in [4.69, 9.17) is 23.2 Å². The van der Waals surface area contributed by atoms with E-state index < -0.39 is 0 Å². The smallest absolute Gasteiger partial charge is 0.0721 e. The third-order valence-corrected chi connectivity index (χ3v) is 4.76. The average Bonchev–Trinajstić information content (AvgIpc) is 2.81. The molecule has 98 valence electrons. The minimum atomic E-state index is 0.502. The third kappa shape index (κ3) is 2.47. The van der Waals surface area contributed by atoms with Crippen LogP contribution in [0.25, 0.3) is 0 Å². The fourth-order valence-corrected chi connectivity index (χ4v) is 3.70. The summed E-state index contributed by atoms with van der Waals surface area (Å²) in [7, 11) is 0. The number of fused-ring (bicyclic) bond motifs is 1. The minimum Gasteiger partial charge on any atom is -0.380 e. The molecular formula is C14H18Cl2N2. The van der Waals surface area contributed by atoms with Crippen molar-refractivity contribution >= 4 is 28.9 Å². The molecule has 2 aliphatic rings. The Morgan fingerprint density at radius 2 is 1.89 bits per heavy atom. The lowest BCUT2D eigenvalue weighted by Gasteiger charge is -2.35. The van der Waals surface area contributed by atoms with E-state index in [-0.39, 0.29) is 0 Å². The normalized spacial score (nSPS) is 28.1. The predicted octanol–water partition coefficient (Wildman–Crippen LogP) is 4.03. The van der Waals surface area contributed by atoms with Crippen molar-refractivity contribution in [2.24, 2.45) is 0 Å². The quantitative estimate of drug-likeness (QED) is 0.882. The second-order valence-electron chi connectivity index (χ2n) is 5.29. The maximum Gasteiger partial charge on any atom is 0.0721 e. The van der Waals surface area contributed by atoms with Gasteiger partial charge in [-0.3, -0.25) is 0 Å². The summed E-state index contributed by atoms with van der Waals surface area (Å²) in [5.41, 5.74) is 0.900. The monoisotopic (exact) mass is 284 g/mol. The van der Waals surface area contributed by atoms with Crippen LogP contribution in [0.15, 0.2) is 18.2 Å². The van der Waals surface area contributed by atoms with Gasteiger partial charge in [0.1, 0.15) is 0 Å². The summed E-state index contributed by atoms with van der Waals surface area (Å²) in [6.45, 7) is 2.48. The van der Waals surface area contributed by atoms with E-state index >= 15 is 0 Å². The number of nitrogens with one attached hydrogen (secondary N) is 1. The Kier molecular flexibility index (Phi) is 3.69. The molecule has 1 N–H and O–H groups in total. The Bertz CT molecular complexity index is 416. The van der Waals surface area contributed by atoms with Gasteiger partial charge in [0.2, 0.25) is 0 Å². The van der Waals surface area contributed by atoms with Gasteiger partial charge in [0.05, 0.1) is 15.7 Å². The van der Waals surface area contributed by atoms with Crippen molar-refractivity contribution in [3.05, 3.63) is 28.2 Å². The largest absolute Gasteiger partial charge is 0.380 e. The van der Waals surface area contributed by atoms with Gasteiger partial charge in [-0.05, 0) is 44.4 Å². The maximum atomic E-state index is 6.20. The second-order valence-corrected chi connectivity index (χ2v) is 6.11. The topological polar surface area (TPSA) is 15.3 Å². The summed E-state index contributed by atoms with van der Waals surface area (Å²) in [5.74, 6) is 0. The van der Waals surface area contributed by atoms with Crippen LogP contribution in [-0.4, -0.2) is 30.1 Å².